The molecule has 2 aromatic heterocycles. The zero-order chi connectivity index (χ0) is 25.1. The number of fused-ring (bicyclic) bond motifs is 6. The second-order valence-electron chi connectivity index (χ2n) is 9.58. The van der Waals surface area contributed by atoms with E-state index >= 15 is 0 Å². The number of piperidine rings is 6. The summed E-state index contributed by atoms with van der Waals surface area (Å²) in [5.74, 6) is -1.12. The minimum Gasteiger partial charge on any atom is -0.478 e. The lowest BCUT2D eigenvalue weighted by atomic mass is 9.86. The van der Waals surface area contributed by atoms with Crippen molar-refractivity contribution in [2.45, 2.75) is 37.9 Å². The smallest absolute Gasteiger partial charge is 0.328 e. The third-order valence-corrected chi connectivity index (χ3v) is 9.25. The number of nitrogens with zero attached hydrogens (tertiary/aromatic N) is 4. The minimum atomic E-state index is -1.26. The van der Waals surface area contributed by atoms with Gasteiger partial charge in [-0.3, -0.25) is 9.80 Å². The fourth-order valence-corrected chi connectivity index (χ4v) is 7.04. The average Bonchev–Trinajstić information content (AvgIpc) is 3.54. The Morgan fingerprint density at radius 1 is 0.778 bits per heavy atom. The summed E-state index contributed by atoms with van der Waals surface area (Å²) in [6, 6.07) is 0. The van der Waals surface area contributed by atoms with Gasteiger partial charge in [-0.1, -0.05) is 22.7 Å². The van der Waals surface area contributed by atoms with Gasteiger partial charge in [0.15, 0.2) is 0 Å². The van der Waals surface area contributed by atoms with Gasteiger partial charge in [0.2, 0.25) is 0 Å². The van der Waals surface area contributed by atoms with Gasteiger partial charge in [-0.15, -0.1) is 0 Å². The molecule has 0 amide bonds. The third kappa shape index (κ3) is 6.23. The normalized spacial score (nSPS) is 30.6. The van der Waals surface area contributed by atoms with E-state index in [-0.39, 0.29) is 0 Å². The van der Waals surface area contributed by atoms with Crippen LogP contribution in [-0.2, 0) is 9.59 Å². The summed E-state index contributed by atoms with van der Waals surface area (Å²) >= 11 is 3.27. The molecule has 4 bridgehead atoms. The fourth-order valence-electron chi connectivity index (χ4n) is 5.34. The van der Waals surface area contributed by atoms with Gasteiger partial charge in [-0.25, -0.2) is 19.6 Å². The van der Waals surface area contributed by atoms with Crippen molar-refractivity contribution in [3.05, 3.63) is 24.5 Å². The van der Waals surface area contributed by atoms with Crippen LogP contribution in [0.5, 0.6) is 10.4 Å². The summed E-state index contributed by atoms with van der Waals surface area (Å²) in [6.07, 6.45) is 10.6. The van der Waals surface area contributed by atoms with E-state index in [0.717, 1.165) is 33.2 Å². The van der Waals surface area contributed by atoms with Crippen LogP contribution < -0.4 is 9.47 Å². The maximum Gasteiger partial charge on any atom is 0.328 e. The van der Waals surface area contributed by atoms with Crippen molar-refractivity contribution in [1.29, 1.82) is 0 Å². The maximum atomic E-state index is 9.55. The second-order valence-corrected chi connectivity index (χ2v) is 11.6. The third-order valence-electron chi connectivity index (χ3n) is 7.28. The maximum absolute atomic E-state index is 9.55. The molecule has 194 valence electrons. The molecule has 0 aliphatic carbocycles. The number of aromatic nitrogens is 2. The van der Waals surface area contributed by atoms with Gasteiger partial charge in [0.25, 0.3) is 10.4 Å². The molecule has 2 unspecified atom stereocenters. The van der Waals surface area contributed by atoms with E-state index in [2.05, 4.69) is 19.8 Å². The quantitative estimate of drug-likeness (QED) is 0.512. The Kier molecular flexibility index (Phi) is 7.85. The molecule has 8 rings (SSSR count). The van der Waals surface area contributed by atoms with Crippen LogP contribution in [0.25, 0.3) is 9.75 Å². The van der Waals surface area contributed by atoms with Crippen LogP contribution in [0.15, 0.2) is 24.5 Å². The summed E-state index contributed by atoms with van der Waals surface area (Å²) in [7, 11) is 0. The first-order valence-electron chi connectivity index (χ1n) is 12.3. The highest BCUT2D eigenvalue weighted by Gasteiger charge is 2.37. The van der Waals surface area contributed by atoms with Crippen LogP contribution in [0, 0.1) is 11.8 Å². The highest BCUT2D eigenvalue weighted by Crippen LogP contribution is 2.39. The van der Waals surface area contributed by atoms with E-state index in [0.29, 0.717) is 36.2 Å². The number of thiazole rings is 2. The van der Waals surface area contributed by atoms with E-state index in [1.165, 1.54) is 51.9 Å². The van der Waals surface area contributed by atoms with Gasteiger partial charge in [0.05, 0.1) is 22.1 Å². The summed E-state index contributed by atoms with van der Waals surface area (Å²) in [6.45, 7) is 7.04. The first kappa shape index (κ1) is 25.1. The van der Waals surface area contributed by atoms with Gasteiger partial charge >= 0.3 is 11.9 Å². The van der Waals surface area contributed by atoms with E-state index in [4.69, 9.17) is 19.7 Å². The molecule has 0 saturated carbocycles. The number of carbonyl (C=O) groups is 2. The van der Waals surface area contributed by atoms with Crippen molar-refractivity contribution in [1.82, 2.24) is 19.8 Å². The van der Waals surface area contributed by atoms with Crippen molar-refractivity contribution in [2.24, 2.45) is 11.8 Å². The number of aliphatic carboxylic acids is 2. The lowest BCUT2D eigenvalue weighted by Gasteiger charge is -2.43. The predicted octanol–water partition coefficient (Wildman–Crippen LogP) is 2.92. The Morgan fingerprint density at radius 3 is 1.47 bits per heavy atom. The molecule has 0 radical (unpaired) electrons. The van der Waals surface area contributed by atoms with Crippen molar-refractivity contribution in [3.63, 3.8) is 0 Å². The molecule has 2 atom stereocenters. The minimum absolute atomic E-state index is 0.304. The van der Waals surface area contributed by atoms with E-state index < -0.39 is 11.9 Å². The van der Waals surface area contributed by atoms with Gasteiger partial charge in [0, 0.05) is 25.2 Å². The number of hydrogen-bond donors (Lipinski definition) is 2. The Labute approximate surface area is 217 Å². The topological polar surface area (TPSA) is 125 Å². The Bertz CT molecular complexity index is 1000. The van der Waals surface area contributed by atoms with Crippen LogP contribution in [0.2, 0.25) is 0 Å². The first-order chi connectivity index (χ1) is 17.4. The van der Waals surface area contributed by atoms with E-state index in [1.807, 2.05) is 12.4 Å². The summed E-state index contributed by atoms with van der Waals surface area (Å²) in [4.78, 5) is 35.5. The predicted molar refractivity (Wildman–Crippen MR) is 135 cm³/mol. The molecular weight excluding hydrogens is 504 g/mol. The molecule has 2 aromatic rings. The molecule has 2 N–H and O–H groups in total. The van der Waals surface area contributed by atoms with Crippen LogP contribution in [0.4, 0.5) is 0 Å². The number of ether oxygens (including phenoxy) is 2. The SMILES string of the molecule is O=C(O)/C=C/C(=O)O.c1nc(OC2CN3CCC2CC3)sc1-c1cnc(OC2CN3CCC2CC3)s1. The first-order valence-corrected chi connectivity index (χ1v) is 13.9. The number of rotatable bonds is 7. The second kappa shape index (κ2) is 11.2. The largest absolute Gasteiger partial charge is 0.478 e. The molecule has 10 nitrogen and oxygen atoms in total. The summed E-state index contributed by atoms with van der Waals surface area (Å²) < 4.78 is 12.5. The summed E-state index contributed by atoms with van der Waals surface area (Å²) in [5, 5.41) is 17.2. The zero-order valence-corrected chi connectivity index (χ0v) is 21.5. The molecular formula is C24H30N4O6S2. The molecule has 8 heterocycles. The van der Waals surface area contributed by atoms with Gasteiger partial charge in [-0.05, 0) is 63.7 Å². The molecule has 6 saturated heterocycles. The molecule has 36 heavy (non-hydrogen) atoms. The molecule has 0 spiro atoms. The molecule has 0 aromatic carbocycles. The van der Waals surface area contributed by atoms with Crippen molar-refractivity contribution in [2.75, 3.05) is 39.3 Å². The molecule has 12 heteroatoms. The molecule has 6 fully saturated rings. The lowest BCUT2D eigenvalue weighted by Crippen LogP contribution is -2.52. The van der Waals surface area contributed by atoms with Gasteiger partial charge < -0.3 is 19.7 Å². The van der Waals surface area contributed by atoms with Crippen LogP contribution in [0.1, 0.15) is 25.7 Å². The Balaban J connectivity index is 0.000000292. The fraction of sp³-hybridized carbons (Fsp3) is 0.583. The summed E-state index contributed by atoms with van der Waals surface area (Å²) in [5.41, 5.74) is 0. The molecule has 6 aliphatic heterocycles. The highest BCUT2D eigenvalue weighted by atomic mass is 32.1. The average molecular weight is 535 g/mol. The Hall–Kier alpha value is -2.54. The van der Waals surface area contributed by atoms with Crippen molar-refractivity contribution in [3.8, 4) is 20.1 Å². The van der Waals surface area contributed by atoms with Crippen LogP contribution >= 0.6 is 22.7 Å². The number of carboxylic acid groups (broad SMARTS) is 2. The monoisotopic (exact) mass is 534 g/mol. The van der Waals surface area contributed by atoms with Crippen molar-refractivity contribution < 1.29 is 29.3 Å². The standard InChI is InChI=1S/C20H26N4O2S2.C4H4O4/c1-5-23-6-2-13(1)15(11-23)25-19-21-9-17(27-19)18-10-22-20(28-18)26-16-12-24-7-3-14(16)4-8-24;5-3(6)1-2-4(7)8/h9-10,13-16H,1-8,11-12H2;1-2H,(H,5,6)(H,7,8)/b;2-1+. The van der Waals surface area contributed by atoms with Crippen LogP contribution in [-0.4, -0.2) is 93.4 Å². The molecule has 6 aliphatic rings. The van der Waals surface area contributed by atoms with Gasteiger partial charge in [0.1, 0.15) is 12.2 Å². The van der Waals surface area contributed by atoms with Crippen LogP contribution in [0.3, 0.4) is 0 Å². The Morgan fingerprint density at radius 2 is 1.17 bits per heavy atom. The van der Waals surface area contributed by atoms with Crippen molar-refractivity contribution >= 4 is 34.6 Å². The van der Waals surface area contributed by atoms with Gasteiger partial charge in [-0.2, -0.15) is 0 Å². The van der Waals surface area contributed by atoms with E-state index in [1.54, 1.807) is 22.7 Å². The lowest BCUT2D eigenvalue weighted by molar-refractivity contribution is -0.134. The number of hydrogen-bond acceptors (Lipinski definition) is 10. The zero-order valence-electron chi connectivity index (χ0n) is 19.8. The van der Waals surface area contributed by atoms with E-state index in [9.17, 15) is 9.59 Å². The number of carboxylic acids is 2. The highest BCUT2D eigenvalue weighted by molar-refractivity contribution is 7.23.